The normalized spacial score (nSPS) is 13.6. The van der Waals surface area contributed by atoms with Crippen LogP contribution < -0.4 is 22.7 Å². The lowest BCUT2D eigenvalue weighted by Crippen LogP contribution is -3.00. The van der Waals surface area contributed by atoms with E-state index in [0.717, 1.165) is 22.3 Å². The van der Waals surface area contributed by atoms with Crippen LogP contribution in [0, 0.1) is 0 Å². The molecule has 5 heteroatoms. The highest BCUT2D eigenvalue weighted by molar-refractivity contribution is 8.14. The van der Waals surface area contributed by atoms with Crippen LogP contribution in [0.4, 0.5) is 11.4 Å². The summed E-state index contributed by atoms with van der Waals surface area (Å²) in [4.78, 5) is 4.44. The van der Waals surface area contributed by atoms with Gasteiger partial charge in [-0.1, -0.05) is 36.4 Å². The van der Waals surface area contributed by atoms with E-state index >= 15 is 0 Å². The van der Waals surface area contributed by atoms with Crippen LogP contribution in [0.25, 0.3) is 0 Å². The summed E-state index contributed by atoms with van der Waals surface area (Å²) in [5.41, 5.74) is 7.99. The molecule has 0 saturated heterocycles. The standard InChI is InChI=1S/C15H13N3S.ClH/c16-14-11-19-15(17-14)18(12-7-3-1-4-8-12)13-9-5-2-6-10-13;/h1-10,16H,11H2;1H. The Morgan fingerprint density at radius 3 is 1.80 bits per heavy atom. The second-order valence-electron chi connectivity index (χ2n) is 4.18. The van der Waals surface area contributed by atoms with Gasteiger partial charge in [0.2, 0.25) is 5.84 Å². The third kappa shape index (κ3) is 3.03. The minimum absolute atomic E-state index is 0. The third-order valence-electron chi connectivity index (χ3n) is 2.81. The second-order valence-corrected chi connectivity index (χ2v) is 5.12. The second kappa shape index (κ2) is 6.59. The Balaban J connectivity index is 0.00000147. The predicted octanol–water partition coefficient (Wildman–Crippen LogP) is -0.0147. The molecule has 2 aromatic rings. The summed E-state index contributed by atoms with van der Waals surface area (Å²) in [6.07, 6.45) is 0. The fraction of sp³-hybridized carbons (Fsp3) is 0.0667. The summed E-state index contributed by atoms with van der Waals surface area (Å²) in [5, 5.41) is 0.926. The molecule has 0 bridgehead atoms. The van der Waals surface area contributed by atoms with Crippen LogP contribution in [0.15, 0.2) is 65.7 Å². The van der Waals surface area contributed by atoms with Gasteiger partial charge in [-0.2, -0.15) is 4.58 Å². The van der Waals surface area contributed by atoms with Crippen LogP contribution in [-0.4, -0.2) is 16.8 Å². The molecule has 2 N–H and O–H groups in total. The molecule has 1 aliphatic rings. The van der Waals surface area contributed by atoms with Gasteiger partial charge in [0.1, 0.15) is 11.4 Å². The van der Waals surface area contributed by atoms with Crippen molar-refractivity contribution in [3.8, 4) is 0 Å². The smallest absolute Gasteiger partial charge is 0.367 e. The van der Waals surface area contributed by atoms with Crippen molar-refractivity contribution in [3.63, 3.8) is 0 Å². The van der Waals surface area contributed by atoms with Gasteiger partial charge in [-0.25, -0.2) is 0 Å². The number of para-hydroxylation sites is 2. The number of nitrogens with zero attached hydrogens (tertiary/aromatic N) is 2. The van der Waals surface area contributed by atoms with Crippen molar-refractivity contribution >= 4 is 34.1 Å². The molecule has 0 amide bonds. The van der Waals surface area contributed by atoms with Gasteiger partial charge in [-0.05, 0) is 41.0 Å². The van der Waals surface area contributed by atoms with Crippen molar-refractivity contribution in [2.24, 2.45) is 10.7 Å². The number of thioether (sulfide) groups is 1. The van der Waals surface area contributed by atoms with E-state index in [1.807, 2.05) is 36.4 Å². The highest BCUT2D eigenvalue weighted by Crippen LogP contribution is 2.25. The lowest BCUT2D eigenvalue weighted by molar-refractivity contribution is -0.00000392. The van der Waals surface area contributed by atoms with Gasteiger partial charge < -0.3 is 18.1 Å². The van der Waals surface area contributed by atoms with Gasteiger partial charge in [0.05, 0.1) is 5.75 Å². The molecule has 3 rings (SSSR count). The number of aliphatic imine (C=N–C) groups is 1. The summed E-state index contributed by atoms with van der Waals surface area (Å²) in [6, 6.07) is 20.4. The molecule has 1 aliphatic heterocycles. The monoisotopic (exact) mass is 303 g/mol. The Bertz CT molecular complexity index is 597. The van der Waals surface area contributed by atoms with Crippen LogP contribution >= 0.6 is 11.8 Å². The molecule has 2 aromatic carbocycles. The van der Waals surface area contributed by atoms with E-state index in [4.69, 9.17) is 5.73 Å². The van der Waals surface area contributed by atoms with Gasteiger partial charge in [0.25, 0.3) is 0 Å². The van der Waals surface area contributed by atoms with Crippen molar-refractivity contribution in [1.82, 2.24) is 4.58 Å². The first-order valence-electron chi connectivity index (χ1n) is 6.07. The fourth-order valence-corrected chi connectivity index (χ4v) is 2.83. The maximum Gasteiger partial charge on any atom is 0.367 e. The van der Waals surface area contributed by atoms with Crippen molar-refractivity contribution in [2.75, 3.05) is 5.75 Å². The maximum atomic E-state index is 5.80. The SMILES string of the molecule is NC1=NC(=[N+](c2ccccc2)c2ccccc2)SC1.[Cl-]. The molecule has 0 atom stereocenters. The minimum atomic E-state index is 0. The largest absolute Gasteiger partial charge is 1.00 e. The first-order chi connectivity index (χ1) is 9.34. The van der Waals surface area contributed by atoms with Crippen LogP contribution in [-0.2, 0) is 0 Å². The van der Waals surface area contributed by atoms with E-state index in [1.54, 1.807) is 11.8 Å². The van der Waals surface area contributed by atoms with Crippen LogP contribution in [0.2, 0.25) is 0 Å². The number of rotatable bonds is 2. The Hall–Kier alpha value is -1.78. The van der Waals surface area contributed by atoms with Crippen molar-refractivity contribution < 1.29 is 12.4 Å². The number of hydrogen-bond donors (Lipinski definition) is 1. The Morgan fingerprint density at radius 2 is 1.40 bits per heavy atom. The number of nitrogens with two attached hydrogens (primary N) is 1. The Kier molecular flexibility index (Phi) is 4.82. The van der Waals surface area contributed by atoms with E-state index in [2.05, 4.69) is 33.8 Å². The Morgan fingerprint density at radius 1 is 0.900 bits per heavy atom. The first kappa shape index (κ1) is 14.6. The molecule has 3 nitrogen and oxygen atoms in total. The lowest BCUT2D eigenvalue weighted by atomic mass is 10.2. The molecule has 0 aromatic heterocycles. The van der Waals surface area contributed by atoms with Gasteiger partial charge in [0.15, 0.2) is 0 Å². The maximum absolute atomic E-state index is 5.80. The van der Waals surface area contributed by atoms with E-state index in [0.29, 0.717) is 5.84 Å². The molecular formula is C15H14ClN3S. The molecule has 20 heavy (non-hydrogen) atoms. The number of halogens is 1. The lowest BCUT2D eigenvalue weighted by Gasteiger charge is -2.06. The van der Waals surface area contributed by atoms with E-state index < -0.39 is 0 Å². The van der Waals surface area contributed by atoms with Gasteiger partial charge in [-0.15, -0.1) is 0 Å². The molecular weight excluding hydrogens is 290 g/mol. The van der Waals surface area contributed by atoms with E-state index in [9.17, 15) is 0 Å². The molecule has 0 fully saturated rings. The zero-order valence-corrected chi connectivity index (χ0v) is 12.3. The molecule has 0 saturated carbocycles. The molecule has 0 unspecified atom stereocenters. The van der Waals surface area contributed by atoms with Crippen LogP contribution in [0.1, 0.15) is 0 Å². The summed E-state index contributed by atoms with van der Waals surface area (Å²) in [6.45, 7) is 0. The topological polar surface area (TPSA) is 41.4 Å². The number of benzene rings is 2. The Labute approximate surface area is 128 Å². The van der Waals surface area contributed by atoms with Crippen LogP contribution in [0.5, 0.6) is 0 Å². The van der Waals surface area contributed by atoms with E-state index in [-0.39, 0.29) is 12.4 Å². The zero-order valence-electron chi connectivity index (χ0n) is 10.7. The average molecular weight is 304 g/mol. The van der Waals surface area contributed by atoms with Crippen LogP contribution in [0.3, 0.4) is 0 Å². The summed E-state index contributed by atoms with van der Waals surface area (Å²) >= 11 is 1.66. The predicted molar refractivity (Wildman–Crippen MR) is 83.4 cm³/mol. The van der Waals surface area contributed by atoms with Gasteiger partial charge in [-0.3, -0.25) is 0 Å². The summed E-state index contributed by atoms with van der Waals surface area (Å²) in [7, 11) is 0. The fourth-order valence-electron chi connectivity index (χ4n) is 1.96. The van der Waals surface area contributed by atoms with Crippen molar-refractivity contribution in [1.29, 1.82) is 0 Å². The highest BCUT2D eigenvalue weighted by atomic mass is 35.5. The number of amidine groups is 2. The van der Waals surface area contributed by atoms with E-state index in [1.165, 1.54) is 0 Å². The first-order valence-corrected chi connectivity index (χ1v) is 7.06. The van der Waals surface area contributed by atoms with Gasteiger partial charge in [0, 0.05) is 0 Å². The molecule has 0 aliphatic carbocycles. The highest BCUT2D eigenvalue weighted by Gasteiger charge is 2.26. The molecule has 1 heterocycles. The molecule has 102 valence electrons. The third-order valence-corrected chi connectivity index (χ3v) is 3.78. The molecule has 0 spiro atoms. The van der Waals surface area contributed by atoms with Crippen molar-refractivity contribution in [3.05, 3.63) is 60.7 Å². The van der Waals surface area contributed by atoms with Gasteiger partial charge >= 0.3 is 5.17 Å². The number of hydrogen-bond acceptors (Lipinski definition) is 2. The van der Waals surface area contributed by atoms with Crippen molar-refractivity contribution in [2.45, 2.75) is 0 Å². The molecule has 0 radical (unpaired) electrons. The summed E-state index contributed by atoms with van der Waals surface area (Å²) in [5.74, 6) is 1.43. The average Bonchev–Trinajstić information content (AvgIpc) is 2.88. The zero-order chi connectivity index (χ0) is 13.1. The minimum Gasteiger partial charge on any atom is -1.00 e. The quantitative estimate of drug-likeness (QED) is 0.793. The summed E-state index contributed by atoms with van der Waals surface area (Å²) < 4.78 is 2.13.